The highest BCUT2D eigenvalue weighted by molar-refractivity contribution is 5.74. The molecule has 0 heterocycles. The number of carboxylic acids is 1. The lowest BCUT2D eigenvalue weighted by molar-refractivity contribution is -0.153. The molecule has 88 valence electrons. The van der Waals surface area contributed by atoms with Crippen LogP contribution in [-0.2, 0) is 10.4 Å². The predicted octanol–water partition coefficient (Wildman–Crippen LogP) is 1.93. The standard InChI is InChI=1S/C12H15FO3/c1-7-4-5-8(2)9(6-7)12(3,16)10(13)11(14)15/h4-6,10,16H,1-3H3,(H,14,15). The van der Waals surface area contributed by atoms with Crippen molar-refractivity contribution >= 4 is 5.97 Å². The predicted molar refractivity (Wildman–Crippen MR) is 58.0 cm³/mol. The SMILES string of the molecule is Cc1ccc(C)c(C(C)(O)C(F)C(=O)O)c1. The summed E-state index contributed by atoms with van der Waals surface area (Å²) in [4.78, 5) is 10.6. The van der Waals surface area contributed by atoms with Gasteiger partial charge in [-0.25, -0.2) is 9.18 Å². The van der Waals surface area contributed by atoms with E-state index in [0.717, 1.165) is 5.56 Å². The number of aliphatic carboxylic acids is 1. The van der Waals surface area contributed by atoms with E-state index < -0.39 is 17.7 Å². The summed E-state index contributed by atoms with van der Waals surface area (Å²) in [5.74, 6) is -1.66. The number of carbonyl (C=O) groups is 1. The molecule has 4 heteroatoms. The Kier molecular flexibility index (Phi) is 3.33. The van der Waals surface area contributed by atoms with Crippen LogP contribution in [0.3, 0.4) is 0 Å². The van der Waals surface area contributed by atoms with Crippen molar-refractivity contribution in [3.8, 4) is 0 Å². The molecule has 1 rings (SSSR count). The molecule has 0 amide bonds. The van der Waals surface area contributed by atoms with Crippen LogP contribution >= 0.6 is 0 Å². The van der Waals surface area contributed by atoms with Gasteiger partial charge in [0.1, 0.15) is 5.60 Å². The van der Waals surface area contributed by atoms with E-state index >= 15 is 0 Å². The molecule has 1 aromatic rings. The normalized spacial score (nSPS) is 16.6. The van der Waals surface area contributed by atoms with Gasteiger partial charge in [-0.3, -0.25) is 0 Å². The van der Waals surface area contributed by atoms with E-state index in [1.165, 1.54) is 6.92 Å². The molecule has 0 aromatic heterocycles. The van der Waals surface area contributed by atoms with Crippen LogP contribution in [0, 0.1) is 13.8 Å². The first kappa shape index (κ1) is 12.6. The highest BCUT2D eigenvalue weighted by atomic mass is 19.1. The molecule has 1 aromatic carbocycles. The van der Waals surface area contributed by atoms with E-state index in [4.69, 9.17) is 5.11 Å². The van der Waals surface area contributed by atoms with Crippen LogP contribution < -0.4 is 0 Å². The van der Waals surface area contributed by atoms with Gasteiger partial charge in [-0.2, -0.15) is 0 Å². The Balaban J connectivity index is 3.25. The summed E-state index contributed by atoms with van der Waals surface area (Å²) >= 11 is 0. The minimum atomic E-state index is -2.34. The average Bonchev–Trinajstić information content (AvgIpc) is 2.20. The van der Waals surface area contributed by atoms with E-state index in [1.807, 2.05) is 6.07 Å². The first-order valence-corrected chi connectivity index (χ1v) is 4.93. The van der Waals surface area contributed by atoms with Crippen molar-refractivity contribution in [2.75, 3.05) is 0 Å². The van der Waals surface area contributed by atoms with Crippen LogP contribution in [0.2, 0.25) is 0 Å². The van der Waals surface area contributed by atoms with Gasteiger partial charge >= 0.3 is 5.97 Å². The maximum Gasteiger partial charge on any atom is 0.341 e. The molecule has 0 aliphatic rings. The maximum absolute atomic E-state index is 13.5. The molecule has 2 unspecified atom stereocenters. The van der Waals surface area contributed by atoms with Crippen molar-refractivity contribution in [1.82, 2.24) is 0 Å². The molecule has 0 bridgehead atoms. The summed E-state index contributed by atoms with van der Waals surface area (Å²) in [5, 5.41) is 18.6. The Bertz CT molecular complexity index is 413. The smallest absolute Gasteiger partial charge is 0.341 e. The van der Waals surface area contributed by atoms with Crippen molar-refractivity contribution < 1.29 is 19.4 Å². The quantitative estimate of drug-likeness (QED) is 0.828. The second-order valence-corrected chi connectivity index (χ2v) is 4.17. The van der Waals surface area contributed by atoms with Gasteiger partial charge in [-0.15, -0.1) is 0 Å². The topological polar surface area (TPSA) is 57.5 Å². The van der Waals surface area contributed by atoms with Crippen molar-refractivity contribution in [2.45, 2.75) is 32.5 Å². The third-order valence-electron chi connectivity index (χ3n) is 2.65. The van der Waals surface area contributed by atoms with Crippen LogP contribution in [-0.4, -0.2) is 22.4 Å². The number of benzene rings is 1. The van der Waals surface area contributed by atoms with Crippen molar-refractivity contribution in [1.29, 1.82) is 0 Å². The van der Waals surface area contributed by atoms with Crippen LogP contribution in [0.25, 0.3) is 0 Å². The number of halogens is 1. The molecule has 0 spiro atoms. The molecule has 0 aliphatic heterocycles. The zero-order valence-electron chi connectivity index (χ0n) is 9.49. The van der Waals surface area contributed by atoms with Crippen LogP contribution in [0.5, 0.6) is 0 Å². The molecule has 2 atom stereocenters. The van der Waals surface area contributed by atoms with Gasteiger partial charge < -0.3 is 10.2 Å². The van der Waals surface area contributed by atoms with Crippen molar-refractivity contribution in [3.05, 3.63) is 34.9 Å². The number of hydrogen-bond acceptors (Lipinski definition) is 2. The molecule has 0 fully saturated rings. The van der Waals surface area contributed by atoms with E-state index in [-0.39, 0.29) is 0 Å². The fraction of sp³-hybridized carbons (Fsp3) is 0.417. The van der Waals surface area contributed by atoms with Gasteiger partial charge in [-0.1, -0.05) is 23.8 Å². The second kappa shape index (κ2) is 4.22. The van der Waals surface area contributed by atoms with Gasteiger partial charge in [0.05, 0.1) is 0 Å². The summed E-state index contributed by atoms with van der Waals surface area (Å²) in [7, 11) is 0. The van der Waals surface area contributed by atoms with Gasteiger partial charge in [0.2, 0.25) is 6.17 Å². The van der Waals surface area contributed by atoms with Crippen molar-refractivity contribution in [3.63, 3.8) is 0 Å². The Labute approximate surface area is 93.5 Å². The fourth-order valence-corrected chi connectivity index (χ4v) is 1.66. The summed E-state index contributed by atoms with van der Waals surface area (Å²) in [6, 6.07) is 5.15. The Morgan fingerprint density at radius 3 is 2.50 bits per heavy atom. The molecule has 0 aliphatic carbocycles. The lowest BCUT2D eigenvalue weighted by Gasteiger charge is -2.27. The highest BCUT2D eigenvalue weighted by Gasteiger charge is 2.40. The summed E-state index contributed by atoms with van der Waals surface area (Å²) in [6.07, 6.45) is -2.34. The van der Waals surface area contributed by atoms with E-state index in [1.54, 1.807) is 26.0 Å². The molecule has 3 nitrogen and oxygen atoms in total. The van der Waals surface area contributed by atoms with Crippen molar-refractivity contribution in [2.24, 2.45) is 0 Å². The third kappa shape index (κ3) is 2.22. The zero-order valence-corrected chi connectivity index (χ0v) is 9.49. The van der Waals surface area contributed by atoms with Crippen LogP contribution in [0.1, 0.15) is 23.6 Å². The lowest BCUT2D eigenvalue weighted by atomic mass is 9.87. The number of hydrogen-bond donors (Lipinski definition) is 2. The molecule has 16 heavy (non-hydrogen) atoms. The number of aryl methyl sites for hydroxylation is 2. The maximum atomic E-state index is 13.5. The number of carboxylic acid groups (broad SMARTS) is 1. The molecule has 0 radical (unpaired) electrons. The molecular formula is C12H15FO3. The molecule has 0 saturated carbocycles. The second-order valence-electron chi connectivity index (χ2n) is 4.17. The van der Waals surface area contributed by atoms with E-state index in [9.17, 15) is 14.3 Å². The van der Waals surface area contributed by atoms with Gasteiger partial charge in [-0.05, 0) is 31.9 Å². The van der Waals surface area contributed by atoms with Gasteiger partial charge in [0.25, 0.3) is 0 Å². The number of rotatable bonds is 3. The molecule has 2 N–H and O–H groups in total. The zero-order chi connectivity index (χ0) is 12.5. The lowest BCUT2D eigenvalue weighted by Crippen LogP contribution is -2.39. The fourth-order valence-electron chi connectivity index (χ4n) is 1.66. The largest absolute Gasteiger partial charge is 0.479 e. The Morgan fingerprint density at radius 2 is 2.00 bits per heavy atom. The molecular weight excluding hydrogens is 211 g/mol. The van der Waals surface area contributed by atoms with E-state index in [0.29, 0.717) is 11.1 Å². The van der Waals surface area contributed by atoms with Crippen LogP contribution in [0.4, 0.5) is 4.39 Å². The average molecular weight is 226 g/mol. The summed E-state index contributed by atoms with van der Waals surface area (Å²) in [6.45, 7) is 4.68. The minimum Gasteiger partial charge on any atom is -0.479 e. The highest BCUT2D eigenvalue weighted by Crippen LogP contribution is 2.30. The Morgan fingerprint density at radius 1 is 1.44 bits per heavy atom. The van der Waals surface area contributed by atoms with Gasteiger partial charge in [0, 0.05) is 0 Å². The number of alkyl halides is 1. The monoisotopic (exact) mass is 226 g/mol. The summed E-state index contributed by atoms with van der Waals surface area (Å²) < 4.78 is 13.5. The van der Waals surface area contributed by atoms with E-state index in [2.05, 4.69) is 0 Å². The van der Waals surface area contributed by atoms with Crippen LogP contribution in [0.15, 0.2) is 18.2 Å². The first-order valence-electron chi connectivity index (χ1n) is 4.93. The molecule has 0 saturated heterocycles. The van der Waals surface area contributed by atoms with Gasteiger partial charge in [0.15, 0.2) is 0 Å². The minimum absolute atomic E-state index is 0.308. The first-order chi connectivity index (χ1) is 7.26. The summed E-state index contributed by atoms with van der Waals surface area (Å²) in [5.41, 5.74) is -0.192. The Hall–Kier alpha value is -1.42. The third-order valence-corrected chi connectivity index (χ3v) is 2.65. The number of aliphatic hydroxyl groups is 1.